The Morgan fingerprint density at radius 1 is 1.67 bits per heavy atom. The molecule has 0 bridgehead atoms. The molecule has 0 amide bonds. The first-order chi connectivity index (χ1) is 4.38. The first-order valence-electron chi connectivity index (χ1n) is 2.84. The first-order valence-corrected chi connectivity index (χ1v) is 2.84. The highest BCUT2D eigenvalue weighted by Crippen LogP contribution is 2.20. The van der Waals surface area contributed by atoms with Gasteiger partial charge in [-0.1, -0.05) is 0 Å². The third-order valence-corrected chi connectivity index (χ3v) is 1.44. The molecule has 0 saturated carbocycles. The summed E-state index contributed by atoms with van der Waals surface area (Å²) in [5.74, 6) is 0.947. The summed E-state index contributed by atoms with van der Waals surface area (Å²) in [6, 6.07) is 3.87. The maximum Gasteiger partial charge on any atom is 0.133 e. The monoisotopic (exact) mass is 121 g/mol. The van der Waals surface area contributed by atoms with Crippen molar-refractivity contribution in [3.8, 4) is 0 Å². The molecule has 1 atom stereocenters. The number of nitrogens with two attached hydrogens (primary N) is 1. The molecule has 3 nitrogen and oxygen atoms in total. The van der Waals surface area contributed by atoms with Crippen LogP contribution in [0.5, 0.6) is 0 Å². The van der Waals surface area contributed by atoms with Gasteiger partial charge in [0.2, 0.25) is 0 Å². The van der Waals surface area contributed by atoms with E-state index < -0.39 is 0 Å². The molecule has 1 aromatic heterocycles. The summed E-state index contributed by atoms with van der Waals surface area (Å²) in [7, 11) is 0. The van der Waals surface area contributed by atoms with E-state index in [4.69, 9.17) is 5.73 Å². The Kier molecular flexibility index (Phi) is 0.765. The molecule has 1 aromatic rings. The van der Waals surface area contributed by atoms with Crippen LogP contribution in [0.1, 0.15) is 6.17 Å². The lowest BCUT2D eigenvalue weighted by molar-refractivity contribution is 0.710. The van der Waals surface area contributed by atoms with Crippen molar-refractivity contribution in [1.29, 1.82) is 0 Å². The van der Waals surface area contributed by atoms with Crippen LogP contribution in [0.25, 0.3) is 0 Å². The highest BCUT2D eigenvalue weighted by molar-refractivity contribution is 5.70. The topological polar surface area (TPSA) is 43.3 Å². The Labute approximate surface area is 52.8 Å². The van der Waals surface area contributed by atoms with Gasteiger partial charge in [0.05, 0.1) is 0 Å². The van der Waals surface area contributed by atoms with Crippen molar-refractivity contribution in [2.45, 2.75) is 6.17 Å². The SMILES string of the molecule is NC1C=Nc2cccn21. The molecule has 2 N–H and O–H groups in total. The smallest absolute Gasteiger partial charge is 0.133 e. The number of hydrogen-bond acceptors (Lipinski definition) is 2. The molecule has 2 heterocycles. The summed E-state index contributed by atoms with van der Waals surface area (Å²) in [6.45, 7) is 0. The largest absolute Gasteiger partial charge is 0.312 e. The van der Waals surface area contributed by atoms with Crippen LogP contribution in [0, 0.1) is 0 Å². The van der Waals surface area contributed by atoms with Crippen LogP contribution in [-0.4, -0.2) is 10.8 Å². The van der Waals surface area contributed by atoms with Gasteiger partial charge in [0.15, 0.2) is 0 Å². The Morgan fingerprint density at radius 3 is 3.33 bits per heavy atom. The number of aromatic nitrogens is 1. The van der Waals surface area contributed by atoms with Crippen LogP contribution < -0.4 is 5.73 Å². The Morgan fingerprint density at radius 2 is 2.56 bits per heavy atom. The van der Waals surface area contributed by atoms with Gasteiger partial charge < -0.3 is 10.3 Å². The zero-order chi connectivity index (χ0) is 6.27. The minimum absolute atomic E-state index is 0.0463. The molecule has 0 fully saturated rings. The Bertz CT molecular complexity index is 249. The lowest BCUT2D eigenvalue weighted by Crippen LogP contribution is -2.14. The van der Waals surface area contributed by atoms with E-state index in [9.17, 15) is 0 Å². The van der Waals surface area contributed by atoms with E-state index in [1.54, 1.807) is 6.21 Å². The minimum Gasteiger partial charge on any atom is -0.312 e. The van der Waals surface area contributed by atoms with Gasteiger partial charge in [-0.05, 0) is 12.1 Å². The molecule has 0 saturated heterocycles. The molecule has 9 heavy (non-hydrogen) atoms. The minimum atomic E-state index is -0.0463. The van der Waals surface area contributed by atoms with Crippen LogP contribution in [0.3, 0.4) is 0 Å². The molecular formula is C6H7N3. The summed E-state index contributed by atoms with van der Waals surface area (Å²) in [5.41, 5.74) is 5.60. The van der Waals surface area contributed by atoms with Gasteiger partial charge in [0, 0.05) is 12.4 Å². The predicted molar refractivity (Wildman–Crippen MR) is 35.8 cm³/mol. The molecular weight excluding hydrogens is 114 g/mol. The number of rotatable bonds is 0. The Balaban J connectivity index is 2.60. The van der Waals surface area contributed by atoms with Crippen molar-refractivity contribution in [1.82, 2.24) is 4.57 Å². The molecule has 0 spiro atoms. The Hall–Kier alpha value is -1.09. The van der Waals surface area contributed by atoms with Crippen molar-refractivity contribution in [3.05, 3.63) is 18.3 Å². The van der Waals surface area contributed by atoms with E-state index in [1.165, 1.54) is 0 Å². The van der Waals surface area contributed by atoms with E-state index in [2.05, 4.69) is 4.99 Å². The fraction of sp³-hybridized carbons (Fsp3) is 0.167. The second-order valence-corrected chi connectivity index (χ2v) is 2.04. The van der Waals surface area contributed by atoms with Gasteiger partial charge in [0.1, 0.15) is 12.0 Å². The fourth-order valence-corrected chi connectivity index (χ4v) is 0.971. The average Bonchev–Trinajstić information content (AvgIpc) is 2.35. The summed E-state index contributed by atoms with van der Waals surface area (Å²) in [6.07, 6.45) is 3.61. The zero-order valence-corrected chi connectivity index (χ0v) is 4.86. The molecule has 1 unspecified atom stereocenters. The van der Waals surface area contributed by atoms with Crippen LogP contribution >= 0.6 is 0 Å². The fourth-order valence-electron chi connectivity index (χ4n) is 0.971. The van der Waals surface area contributed by atoms with Crippen molar-refractivity contribution < 1.29 is 0 Å². The lowest BCUT2D eigenvalue weighted by atomic mass is 10.6. The van der Waals surface area contributed by atoms with Crippen molar-refractivity contribution in [2.24, 2.45) is 10.7 Å². The quantitative estimate of drug-likeness (QED) is 0.538. The second-order valence-electron chi connectivity index (χ2n) is 2.04. The van der Waals surface area contributed by atoms with Gasteiger partial charge in [-0.25, -0.2) is 4.99 Å². The predicted octanol–water partition coefficient (Wildman–Crippen LogP) is 0.661. The van der Waals surface area contributed by atoms with Gasteiger partial charge in [-0.15, -0.1) is 0 Å². The van der Waals surface area contributed by atoms with E-state index in [-0.39, 0.29) is 6.17 Å². The number of hydrogen-bond donors (Lipinski definition) is 1. The number of aliphatic imine (C=N–C) groups is 1. The second kappa shape index (κ2) is 1.45. The first kappa shape index (κ1) is 4.76. The normalized spacial score (nSPS) is 22.6. The van der Waals surface area contributed by atoms with Crippen LogP contribution in [0.4, 0.5) is 5.82 Å². The van der Waals surface area contributed by atoms with Gasteiger partial charge in [0.25, 0.3) is 0 Å². The van der Waals surface area contributed by atoms with Crippen molar-refractivity contribution >= 4 is 12.0 Å². The standard InChI is InChI=1S/C6H7N3/c7-5-4-8-6-2-1-3-9(5)6/h1-5H,7H2. The third-order valence-electron chi connectivity index (χ3n) is 1.44. The molecule has 1 aliphatic heterocycles. The average molecular weight is 121 g/mol. The molecule has 0 aliphatic carbocycles. The van der Waals surface area contributed by atoms with E-state index >= 15 is 0 Å². The van der Waals surface area contributed by atoms with E-state index in [0.717, 1.165) is 5.82 Å². The van der Waals surface area contributed by atoms with Gasteiger partial charge >= 0.3 is 0 Å². The lowest BCUT2D eigenvalue weighted by Gasteiger charge is -2.00. The summed E-state index contributed by atoms with van der Waals surface area (Å²) < 4.78 is 1.92. The van der Waals surface area contributed by atoms with Crippen LogP contribution in [0.15, 0.2) is 23.3 Å². The molecule has 1 aliphatic rings. The van der Waals surface area contributed by atoms with Crippen LogP contribution in [0.2, 0.25) is 0 Å². The van der Waals surface area contributed by atoms with Crippen molar-refractivity contribution in [3.63, 3.8) is 0 Å². The highest BCUT2D eigenvalue weighted by Gasteiger charge is 2.10. The molecule has 2 rings (SSSR count). The zero-order valence-electron chi connectivity index (χ0n) is 4.86. The summed E-state index contributed by atoms with van der Waals surface area (Å²) >= 11 is 0. The van der Waals surface area contributed by atoms with Gasteiger partial charge in [-0.2, -0.15) is 0 Å². The van der Waals surface area contributed by atoms with Gasteiger partial charge in [-0.3, -0.25) is 0 Å². The maximum atomic E-state index is 5.60. The maximum absolute atomic E-state index is 5.60. The van der Waals surface area contributed by atoms with Crippen LogP contribution in [-0.2, 0) is 0 Å². The number of nitrogens with zero attached hydrogens (tertiary/aromatic N) is 2. The number of fused-ring (bicyclic) bond motifs is 1. The molecule has 0 radical (unpaired) electrons. The van der Waals surface area contributed by atoms with E-state index in [1.807, 2.05) is 22.9 Å². The summed E-state index contributed by atoms with van der Waals surface area (Å²) in [5, 5.41) is 0. The third kappa shape index (κ3) is 0.519. The molecule has 3 heteroatoms. The van der Waals surface area contributed by atoms with Crippen molar-refractivity contribution in [2.75, 3.05) is 0 Å². The highest BCUT2D eigenvalue weighted by atomic mass is 15.2. The molecule has 0 aromatic carbocycles. The van der Waals surface area contributed by atoms with E-state index in [0.29, 0.717) is 0 Å². The molecule has 46 valence electrons. The summed E-state index contributed by atoms with van der Waals surface area (Å²) in [4.78, 5) is 4.05.